The normalized spacial score (nSPS) is 34.8. The lowest BCUT2D eigenvalue weighted by Crippen LogP contribution is -2.57. The zero-order valence-electron chi connectivity index (χ0n) is 13.0. The van der Waals surface area contributed by atoms with Crippen LogP contribution in [0.15, 0.2) is 4.99 Å². The van der Waals surface area contributed by atoms with Gasteiger partial charge in [-0.1, -0.05) is 27.2 Å². The number of urea groups is 1. The molecule has 0 aromatic carbocycles. The van der Waals surface area contributed by atoms with Crippen molar-refractivity contribution in [3.05, 3.63) is 0 Å². The molecule has 0 atom stereocenters. The van der Waals surface area contributed by atoms with Crippen LogP contribution in [-0.4, -0.2) is 28.3 Å². The summed E-state index contributed by atoms with van der Waals surface area (Å²) in [4.78, 5) is 18.3. The van der Waals surface area contributed by atoms with E-state index in [1.54, 1.807) is 0 Å². The molecule has 2 amide bonds. The predicted molar refractivity (Wildman–Crippen MR) is 80.6 cm³/mol. The average molecular weight is 277 g/mol. The Labute approximate surface area is 121 Å². The van der Waals surface area contributed by atoms with E-state index < -0.39 is 0 Å². The lowest BCUT2D eigenvalue weighted by atomic mass is 9.65. The number of carbonyl (C=O) groups is 1. The highest BCUT2D eigenvalue weighted by Gasteiger charge is 2.55. The molecule has 1 spiro atoms. The summed E-state index contributed by atoms with van der Waals surface area (Å²) in [5.74, 6) is 1.32. The number of aliphatic imine (C=N–C) groups is 1. The summed E-state index contributed by atoms with van der Waals surface area (Å²) < 4.78 is 0. The molecule has 1 heterocycles. The molecule has 2 N–H and O–H groups in total. The molecule has 0 saturated heterocycles. The van der Waals surface area contributed by atoms with Gasteiger partial charge in [0.1, 0.15) is 11.4 Å². The summed E-state index contributed by atoms with van der Waals surface area (Å²) in [5.41, 5.74) is 6.32. The molecule has 3 rings (SSSR count). The fraction of sp³-hybridized carbons (Fsp3) is 0.875. The SMILES string of the molecule is CCC(C)(C)C1CCC2(CC1)C(N)=NC(=O)N2C1CC1. The van der Waals surface area contributed by atoms with E-state index in [0.29, 0.717) is 17.3 Å². The Morgan fingerprint density at radius 3 is 2.40 bits per heavy atom. The van der Waals surface area contributed by atoms with Gasteiger partial charge in [0.25, 0.3) is 0 Å². The molecule has 1 aliphatic heterocycles. The van der Waals surface area contributed by atoms with Crippen molar-refractivity contribution in [2.24, 2.45) is 22.1 Å². The van der Waals surface area contributed by atoms with Gasteiger partial charge in [-0.15, -0.1) is 0 Å². The Hall–Kier alpha value is -1.06. The Morgan fingerprint density at radius 1 is 1.30 bits per heavy atom. The minimum absolute atomic E-state index is 0.0850. The van der Waals surface area contributed by atoms with Crippen LogP contribution in [-0.2, 0) is 0 Å². The molecule has 0 unspecified atom stereocenters. The molecular weight excluding hydrogens is 250 g/mol. The van der Waals surface area contributed by atoms with E-state index in [1.807, 2.05) is 4.90 Å². The van der Waals surface area contributed by atoms with Crippen LogP contribution < -0.4 is 5.73 Å². The zero-order chi connectivity index (χ0) is 14.5. The molecule has 0 radical (unpaired) electrons. The summed E-state index contributed by atoms with van der Waals surface area (Å²) in [6.45, 7) is 7.01. The molecular formula is C16H27N3O. The van der Waals surface area contributed by atoms with Gasteiger partial charge >= 0.3 is 6.03 Å². The molecule has 4 nitrogen and oxygen atoms in total. The van der Waals surface area contributed by atoms with Gasteiger partial charge in [-0.3, -0.25) is 0 Å². The molecule has 0 aromatic rings. The van der Waals surface area contributed by atoms with Crippen LogP contribution in [0, 0.1) is 11.3 Å². The first-order valence-electron chi connectivity index (χ1n) is 8.08. The van der Waals surface area contributed by atoms with Crippen molar-refractivity contribution in [2.75, 3.05) is 0 Å². The Kier molecular flexibility index (Phi) is 3.11. The third kappa shape index (κ3) is 1.95. The number of amidine groups is 1. The quantitative estimate of drug-likeness (QED) is 0.860. The largest absolute Gasteiger partial charge is 0.385 e. The zero-order valence-corrected chi connectivity index (χ0v) is 13.0. The van der Waals surface area contributed by atoms with Gasteiger partial charge in [-0.05, 0) is 49.9 Å². The Balaban J connectivity index is 1.78. The lowest BCUT2D eigenvalue weighted by Gasteiger charge is -2.47. The van der Waals surface area contributed by atoms with Gasteiger partial charge in [-0.2, -0.15) is 4.99 Å². The smallest absolute Gasteiger partial charge is 0.346 e. The van der Waals surface area contributed by atoms with Gasteiger partial charge in [-0.25, -0.2) is 4.79 Å². The topological polar surface area (TPSA) is 58.7 Å². The molecule has 3 aliphatic rings. The highest BCUT2D eigenvalue weighted by molar-refractivity contribution is 6.06. The maximum Gasteiger partial charge on any atom is 0.346 e. The maximum atomic E-state index is 12.1. The van der Waals surface area contributed by atoms with Gasteiger partial charge in [0.15, 0.2) is 0 Å². The second-order valence-corrected chi connectivity index (χ2v) is 7.53. The predicted octanol–water partition coefficient (Wildman–Crippen LogP) is 3.31. The molecule has 112 valence electrons. The van der Waals surface area contributed by atoms with E-state index in [9.17, 15) is 4.79 Å². The second kappa shape index (κ2) is 4.47. The fourth-order valence-electron chi connectivity index (χ4n) is 4.07. The van der Waals surface area contributed by atoms with Gasteiger partial charge in [0.2, 0.25) is 0 Å². The number of hydrogen-bond donors (Lipinski definition) is 1. The molecule has 20 heavy (non-hydrogen) atoms. The van der Waals surface area contributed by atoms with Crippen LogP contribution in [0.5, 0.6) is 0 Å². The van der Waals surface area contributed by atoms with Crippen molar-refractivity contribution in [1.29, 1.82) is 0 Å². The van der Waals surface area contributed by atoms with Crippen molar-refractivity contribution in [2.45, 2.75) is 77.3 Å². The number of nitrogens with two attached hydrogens (primary N) is 1. The van der Waals surface area contributed by atoms with Crippen molar-refractivity contribution in [1.82, 2.24) is 4.90 Å². The molecule has 2 saturated carbocycles. The van der Waals surface area contributed by atoms with E-state index in [-0.39, 0.29) is 11.6 Å². The van der Waals surface area contributed by atoms with Gasteiger partial charge in [0.05, 0.1) is 0 Å². The van der Waals surface area contributed by atoms with E-state index in [4.69, 9.17) is 5.73 Å². The minimum Gasteiger partial charge on any atom is -0.385 e. The summed E-state index contributed by atoms with van der Waals surface area (Å²) in [7, 11) is 0. The molecule has 0 aromatic heterocycles. The van der Waals surface area contributed by atoms with Crippen LogP contribution in [0.3, 0.4) is 0 Å². The number of nitrogens with zero attached hydrogens (tertiary/aromatic N) is 2. The third-order valence-corrected chi connectivity index (χ3v) is 6.10. The fourth-order valence-corrected chi connectivity index (χ4v) is 4.07. The first kappa shape index (κ1) is 13.9. The lowest BCUT2D eigenvalue weighted by molar-refractivity contribution is 0.0761. The van der Waals surface area contributed by atoms with E-state index in [2.05, 4.69) is 25.8 Å². The highest BCUT2D eigenvalue weighted by atomic mass is 16.2. The first-order valence-corrected chi connectivity index (χ1v) is 8.08. The van der Waals surface area contributed by atoms with E-state index in [0.717, 1.165) is 44.4 Å². The minimum atomic E-state index is -0.238. The summed E-state index contributed by atoms with van der Waals surface area (Å²) >= 11 is 0. The molecule has 2 fully saturated rings. The standard InChI is InChI=1S/C16H27N3O/c1-4-15(2,3)11-7-9-16(10-8-11)13(17)18-14(20)19(16)12-5-6-12/h11-12H,4-10H2,1-3H3,(H2,17,18,20). The van der Waals surface area contributed by atoms with Crippen LogP contribution in [0.2, 0.25) is 0 Å². The van der Waals surface area contributed by atoms with Crippen molar-refractivity contribution >= 4 is 11.9 Å². The number of rotatable bonds is 3. The molecule has 4 heteroatoms. The van der Waals surface area contributed by atoms with Crippen LogP contribution in [0.4, 0.5) is 4.79 Å². The summed E-state index contributed by atoms with van der Waals surface area (Å²) in [6, 6.07) is 0.321. The number of hydrogen-bond acceptors (Lipinski definition) is 2. The maximum absolute atomic E-state index is 12.1. The average Bonchev–Trinajstić information content (AvgIpc) is 3.20. The van der Waals surface area contributed by atoms with Crippen molar-refractivity contribution in [3.8, 4) is 0 Å². The number of carbonyl (C=O) groups excluding carboxylic acids is 1. The molecule has 2 aliphatic carbocycles. The third-order valence-electron chi connectivity index (χ3n) is 6.10. The van der Waals surface area contributed by atoms with Crippen molar-refractivity contribution < 1.29 is 4.79 Å². The van der Waals surface area contributed by atoms with E-state index >= 15 is 0 Å². The highest BCUT2D eigenvalue weighted by Crippen LogP contribution is 2.49. The Bertz CT molecular complexity index is 443. The van der Waals surface area contributed by atoms with Crippen LogP contribution in [0.1, 0.15) is 65.7 Å². The van der Waals surface area contributed by atoms with Gasteiger partial charge < -0.3 is 10.6 Å². The summed E-state index contributed by atoms with van der Waals surface area (Å²) in [6.07, 6.45) is 7.78. The van der Waals surface area contributed by atoms with Crippen molar-refractivity contribution in [3.63, 3.8) is 0 Å². The Morgan fingerprint density at radius 2 is 1.90 bits per heavy atom. The van der Waals surface area contributed by atoms with Crippen LogP contribution >= 0.6 is 0 Å². The molecule has 0 bridgehead atoms. The van der Waals surface area contributed by atoms with E-state index in [1.165, 1.54) is 6.42 Å². The van der Waals surface area contributed by atoms with Crippen LogP contribution in [0.25, 0.3) is 0 Å². The first-order chi connectivity index (χ1) is 9.40. The summed E-state index contributed by atoms with van der Waals surface area (Å²) in [5, 5.41) is 0. The van der Waals surface area contributed by atoms with Gasteiger partial charge in [0, 0.05) is 6.04 Å². The second-order valence-electron chi connectivity index (χ2n) is 7.53. The number of amides is 2. The monoisotopic (exact) mass is 277 g/mol.